The highest BCUT2D eigenvalue weighted by Gasteiger charge is 2.19. The Morgan fingerprint density at radius 2 is 1.77 bits per heavy atom. The number of amides is 2. The molecule has 1 aliphatic heterocycles. The minimum Gasteiger partial charge on any atom is -0.369 e. The van der Waals surface area contributed by atoms with Crippen LogP contribution in [0.4, 0.5) is 11.4 Å². The van der Waals surface area contributed by atoms with Crippen molar-refractivity contribution in [3.05, 3.63) is 78.5 Å². The largest absolute Gasteiger partial charge is 0.369 e. The number of carbonyl (C=O) groups is 2. The molecular weight excluding hydrogens is 488 g/mol. The molecule has 3 heterocycles. The molecule has 0 bridgehead atoms. The third-order valence-electron chi connectivity index (χ3n) is 7.34. The zero-order valence-electron chi connectivity index (χ0n) is 22.7. The van der Waals surface area contributed by atoms with Gasteiger partial charge in [-0.15, -0.1) is 0 Å². The monoisotopic (exact) mass is 522 g/mol. The second kappa shape index (κ2) is 11.1. The number of aromatic nitrogens is 2. The third kappa shape index (κ3) is 5.56. The van der Waals surface area contributed by atoms with Gasteiger partial charge in [-0.1, -0.05) is 30.8 Å². The highest BCUT2D eigenvalue weighted by molar-refractivity contribution is 6.05. The molecule has 200 valence electrons. The van der Waals surface area contributed by atoms with Gasteiger partial charge in [0.2, 0.25) is 11.8 Å². The number of rotatable bonds is 7. The smallest absolute Gasteiger partial charge is 0.247 e. The fourth-order valence-corrected chi connectivity index (χ4v) is 5.00. The van der Waals surface area contributed by atoms with Crippen molar-refractivity contribution in [3.8, 4) is 22.4 Å². The van der Waals surface area contributed by atoms with Gasteiger partial charge in [-0.3, -0.25) is 9.59 Å². The van der Waals surface area contributed by atoms with Crippen LogP contribution >= 0.6 is 0 Å². The number of hydrogen-bond donors (Lipinski definition) is 3. The van der Waals surface area contributed by atoms with E-state index < -0.39 is 0 Å². The first-order valence-corrected chi connectivity index (χ1v) is 13.2. The number of nitrogens with zero attached hydrogens (tertiary/aromatic N) is 3. The molecule has 2 amide bonds. The first kappa shape index (κ1) is 26.2. The normalized spacial score (nSPS) is 13.9. The number of fused-ring (bicyclic) bond motifs is 1. The Kier molecular flexibility index (Phi) is 7.47. The summed E-state index contributed by atoms with van der Waals surface area (Å²) >= 11 is 0. The summed E-state index contributed by atoms with van der Waals surface area (Å²) in [6, 6.07) is 16.7. The Labute approximate surface area is 228 Å². The summed E-state index contributed by atoms with van der Waals surface area (Å²) < 4.78 is 0. The Bertz CT molecular complexity index is 1530. The number of carbonyl (C=O) groups excluding carboxylic acids is 2. The van der Waals surface area contributed by atoms with Gasteiger partial charge in [-0.25, -0.2) is 4.98 Å². The minimum atomic E-state index is -0.261. The maximum absolute atomic E-state index is 12.1. The highest BCUT2D eigenvalue weighted by atomic mass is 16.2. The third-order valence-corrected chi connectivity index (χ3v) is 7.34. The van der Waals surface area contributed by atoms with Crippen molar-refractivity contribution in [1.82, 2.24) is 20.2 Å². The van der Waals surface area contributed by atoms with Gasteiger partial charge in [0.25, 0.3) is 0 Å². The molecule has 2 aromatic heterocycles. The quantitative estimate of drug-likeness (QED) is 0.314. The molecule has 1 saturated heterocycles. The number of benzene rings is 2. The van der Waals surface area contributed by atoms with Crippen LogP contribution in [0.1, 0.15) is 11.1 Å². The van der Waals surface area contributed by atoms with Crippen molar-refractivity contribution < 1.29 is 9.59 Å². The van der Waals surface area contributed by atoms with Crippen LogP contribution in [-0.2, 0) is 16.0 Å². The van der Waals surface area contributed by atoms with Gasteiger partial charge >= 0.3 is 0 Å². The second-order valence-electron chi connectivity index (χ2n) is 10.0. The minimum absolute atomic E-state index is 0.0716. The molecule has 0 saturated carbocycles. The number of piperazine rings is 1. The Morgan fingerprint density at radius 1 is 1.05 bits per heavy atom. The number of hydrogen-bond acceptors (Lipinski definition) is 5. The van der Waals surface area contributed by atoms with E-state index in [1.165, 1.54) is 11.8 Å². The lowest BCUT2D eigenvalue weighted by Gasteiger charge is -2.34. The van der Waals surface area contributed by atoms with Crippen LogP contribution in [0.2, 0.25) is 0 Å². The number of aryl methyl sites for hydroxylation is 1. The van der Waals surface area contributed by atoms with Crippen LogP contribution in [0.25, 0.3) is 33.4 Å². The SMILES string of the molecule is C=CC(=O)Nc1cc(-c2c(-c3ccc(N4CCN(C)CC4)cc3)[nH]c3ncc(CC(=O)NC)cc23)ccc1C. The van der Waals surface area contributed by atoms with Crippen molar-refractivity contribution >= 4 is 34.2 Å². The molecular formula is C31H34N6O2. The summed E-state index contributed by atoms with van der Waals surface area (Å²) in [5.41, 5.74) is 8.31. The van der Waals surface area contributed by atoms with Gasteiger partial charge in [-0.2, -0.15) is 0 Å². The molecule has 8 heteroatoms. The number of pyridine rings is 1. The molecule has 4 aromatic rings. The molecule has 1 fully saturated rings. The number of anilines is 2. The number of likely N-dealkylation sites (N-methyl/N-ethyl adjacent to an activating group) is 2. The van der Waals surface area contributed by atoms with Crippen molar-refractivity contribution in [2.75, 3.05) is 50.5 Å². The van der Waals surface area contributed by atoms with E-state index in [1.807, 2.05) is 25.1 Å². The lowest BCUT2D eigenvalue weighted by atomic mass is 9.96. The first-order valence-electron chi connectivity index (χ1n) is 13.2. The summed E-state index contributed by atoms with van der Waals surface area (Å²) in [5, 5.41) is 6.51. The molecule has 3 N–H and O–H groups in total. The number of nitrogens with one attached hydrogen (secondary N) is 3. The summed E-state index contributed by atoms with van der Waals surface area (Å²) in [6.07, 6.45) is 3.25. The van der Waals surface area contributed by atoms with Gasteiger partial charge in [-0.05, 0) is 66.6 Å². The van der Waals surface area contributed by atoms with E-state index in [0.717, 1.165) is 76.4 Å². The molecule has 0 aliphatic carbocycles. The highest BCUT2D eigenvalue weighted by Crippen LogP contribution is 2.40. The van der Waals surface area contributed by atoms with Crippen molar-refractivity contribution in [2.45, 2.75) is 13.3 Å². The van der Waals surface area contributed by atoms with Crippen LogP contribution in [-0.4, -0.2) is 67.0 Å². The van der Waals surface area contributed by atoms with Gasteiger partial charge in [0.1, 0.15) is 5.65 Å². The fraction of sp³-hybridized carbons (Fsp3) is 0.258. The molecule has 0 unspecified atom stereocenters. The zero-order chi connectivity index (χ0) is 27.5. The van der Waals surface area contributed by atoms with Gasteiger partial charge in [0, 0.05) is 61.7 Å². The van der Waals surface area contributed by atoms with Crippen molar-refractivity contribution in [1.29, 1.82) is 0 Å². The van der Waals surface area contributed by atoms with E-state index in [2.05, 4.69) is 74.4 Å². The lowest BCUT2D eigenvalue weighted by molar-refractivity contribution is -0.120. The van der Waals surface area contributed by atoms with Crippen molar-refractivity contribution in [3.63, 3.8) is 0 Å². The summed E-state index contributed by atoms with van der Waals surface area (Å²) in [6.45, 7) is 9.65. The molecule has 1 aliphatic rings. The Balaban J connectivity index is 1.61. The predicted octanol–water partition coefficient (Wildman–Crippen LogP) is 4.37. The summed E-state index contributed by atoms with van der Waals surface area (Å²) in [5.74, 6) is -0.332. The van der Waals surface area contributed by atoms with E-state index in [1.54, 1.807) is 13.2 Å². The summed E-state index contributed by atoms with van der Waals surface area (Å²) in [4.78, 5) is 37.1. The molecule has 5 rings (SSSR count). The fourth-order valence-electron chi connectivity index (χ4n) is 5.00. The maximum Gasteiger partial charge on any atom is 0.247 e. The average molecular weight is 523 g/mol. The van der Waals surface area contributed by atoms with E-state index in [4.69, 9.17) is 0 Å². The Morgan fingerprint density at radius 3 is 2.46 bits per heavy atom. The topological polar surface area (TPSA) is 93.4 Å². The molecule has 0 spiro atoms. The molecule has 0 atom stereocenters. The van der Waals surface area contributed by atoms with Crippen LogP contribution in [0, 0.1) is 6.92 Å². The van der Waals surface area contributed by atoms with Crippen LogP contribution < -0.4 is 15.5 Å². The number of aromatic amines is 1. The molecule has 39 heavy (non-hydrogen) atoms. The first-order chi connectivity index (χ1) is 18.9. The molecule has 0 radical (unpaired) electrons. The summed E-state index contributed by atoms with van der Waals surface area (Å²) in [7, 11) is 3.79. The van der Waals surface area contributed by atoms with Crippen molar-refractivity contribution in [2.24, 2.45) is 0 Å². The maximum atomic E-state index is 12.1. The lowest BCUT2D eigenvalue weighted by Crippen LogP contribution is -2.44. The van der Waals surface area contributed by atoms with Gasteiger partial charge in [0.15, 0.2) is 0 Å². The average Bonchev–Trinajstić information content (AvgIpc) is 3.33. The van der Waals surface area contributed by atoms with E-state index in [-0.39, 0.29) is 18.2 Å². The Hall–Kier alpha value is -4.43. The van der Waals surface area contributed by atoms with E-state index >= 15 is 0 Å². The van der Waals surface area contributed by atoms with Gasteiger partial charge in [0.05, 0.1) is 12.1 Å². The van der Waals surface area contributed by atoms with E-state index in [9.17, 15) is 9.59 Å². The second-order valence-corrected chi connectivity index (χ2v) is 10.0. The molecule has 2 aromatic carbocycles. The zero-order valence-corrected chi connectivity index (χ0v) is 22.7. The standard InChI is InChI=1S/C31H34N6O2/c1-5-27(38)34-26-18-23(7-6-20(26)2)29-25-16-21(17-28(39)32-3)19-33-31(25)35-30(29)22-8-10-24(11-9-22)37-14-12-36(4)13-15-37/h5-11,16,18-19H,1,12-15,17H2,2-4H3,(H,32,39)(H,33,35)(H,34,38). The van der Waals surface area contributed by atoms with Crippen LogP contribution in [0.3, 0.4) is 0 Å². The van der Waals surface area contributed by atoms with Crippen LogP contribution in [0.5, 0.6) is 0 Å². The van der Waals surface area contributed by atoms with Gasteiger partial charge < -0.3 is 25.4 Å². The predicted molar refractivity (Wildman–Crippen MR) is 158 cm³/mol. The molecule has 8 nitrogen and oxygen atoms in total. The van der Waals surface area contributed by atoms with Crippen LogP contribution in [0.15, 0.2) is 67.4 Å². The number of H-pyrrole nitrogens is 1. The van der Waals surface area contributed by atoms with E-state index in [0.29, 0.717) is 0 Å².